The topological polar surface area (TPSA) is 15.3 Å². The van der Waals surface area contributed by atoms with Crippen LogP contribution in [0.15, 0.2) is 18.2 Å². The number of hydrogen-bond donors (Lipinski definition) is 1. The molecule has 0 radical (unpaired) electrons. The Hall–Kier alpha value is -1.35. The van der Waals surface area contributed by atoms with Crippen LogP contribution in [0, 0.1) is 5.82 Å². The van der Waals surface area contributed by atoms with Crippen LogP contribution in [-0.4, -0.2) is 37.3 Å². The standard InChI is InChI=1S/C13H13F7N2/c14-10-7-8(1-2-9(10)12(15,16)17)11(13(18,19)20)22-5-3-21-4-6-22/h1-2,7,11,21H,3-6H2/t11-/m0/s1. The molecule has 2 nitrogen and oxygen atoms in total. The van der Waals surface area contributed by atoms with Crippen LogP contribution in [0.25, 0.3) is 0 Å². The summed E-state index contributed by atoms with van der Waals surface area (Å²) >= 11 is 0. The molecule has 1 heterocycles. The maximum atomic E-state index is 13.5. The Balaban J connectivity index is 2.38. The molecule has 0 bridgehead atoms. The molecule has 124 valence electrons. The highest BCUT2D eigenvalue weighted by molar-refractivity contribution is 5.29. The van der Waals surface area contributed by atoms with Gasteiger partial charge in [0.05, 0.1) is 5.56 Å². The molecule has 0 unspecified atom stereocenters. The monoisotopic (exact) mass is 330 g/mol. The predicted octanol–water partition coefficient (Wildman–Crippen LogP) is 3.35. The molecule has 0 aromatic heterocycles. The summed E-state index contributed by atoms with van der Waals surface area (Å²) in [5.41, 5.74) is -2.10. The van der Waals surface area contributed by atoms with Gasteiger partial charge < -0.3 is 5.32 Å². The van der Waals surface area contributed by atoms with Gasteiger partial charge in [0, 0.05) is 26.2 Å². The van der Waals surface area contributed by atoms with E-state index in [0.717, 1.165) is 4.90 Å². The Morgan fingerprint density at radius 2 is 1.59 bits per heavy atom. The lowest BCUT2D eigenvalue weighted by Gasteiger charge is -2.36. The second-order valence-electron chi connectivity index (χ2n) is 4.97. The molecule has 1 aliphatic heterocycles. The van der Waals surface area contributed by atoms with Gasteiger partial charge in [-0.3, -0.25) is 4.90 Å². The van der Waals surface area contributed by atoms with E-state index in [-0.39, 0.29) is 13.1 Å². The van der Waals surface area contributed by atoms with Gasteiger partial charge in [-0.15, -0.1) is 0 Å². The largest absolute Gasteiger partial charge is 0.419 e. The van der Waals surface area contributed by atoms with Crippen molar-refractivity contribution in [1.82, 2.24) is 10.2 Å². The zero-order chi connectivity index (χ0) is 16.5. The zero-order valence-electron chi connectivity index (χ0n) is 11.2. The summed E-state index contributed by atoms with van der Waals surface area (Å²) in [7, 11) is 0. The molecular formula is C13H13F7N2. The van der Waals surface area contributed by atoms with Crippen molar-refractivity contribution >= 4 is 0 Å². The number of piperazine rings is 1. The first-order valence-electron chi connectivity index (χ1n) is 6.49. The first-order valence-corrected chi connectivity index (χ1v) is 6.49. The van der Waals surface area contributed by atoms with Gasteiger partial charge in [0.15, 0.2) is 0 Å². The summed E-state index contributed by atoms with van der Waals surface area (Å²) < 4.78 is 90.8. The van der Waals surface area contributed by atoms with Crippen LogP contribution < -0.4 is 5.32 Å². The van der Waals surface area contributed by atoms with Crippen molar-refractivity contribution in [1.29, 1.82) is 0 Å². The van der Waals surface area contributed by atoms with Gasteiger partial charge in [-0.2, -0.15) is 26.3 Å². The van der Waals surface area contributed by atoms with Crippen molar-refractivity contribution in [3.05, 3.63) is 35.1 Å². The zero-order valence-corrected chi connectivity index (χ0v) is 11.2. The minimum atomic E-state index is -4.94. The molecule has 1 saturated heterocycles. The molecule has 1 aromatic carbocycles. The van der Waals surface area contributed by atoms with Gasteiger partial charge in [-0.05, 0) is 17.7 Å². The average molecular weight is 330 g/mol. The lowest BCUT2D eigenvalue weighted by Crippen LogP contribution is -2.49. The normalized spacial score (nSPS) is 19.2. The molecule has 0 amide bonds. The Kier molecular flexibility index (Phi) is 4.67. The first kappa shape index (κ1) is 17.0. The Bertz CT molecular complexity index is 518. The Morgan fingerprint density at radius 3 is 2.05 bits per heavy atom. The highest BCUT2D eigenvalue weighted by Crippen LogP contribution is 2.40. The minimum Gasteiger partial charge on any atom is -0.314 e. The van der Waals surface area contributed by atoms with E-state index in [2.05, 4.69) is 5.32 Å². The number of rotatable bonds is 2. The first-order chi connectivity index (χ1) is 10.1. The summed E-state index contributed by atoms with van der Waals surface area (Å²) in [5, 5.41) is 2.88. The molecule has 1 fully saturated rings. The molecule has 0 saturated carbocycles. The summed E-state index contributed by atoms with van der Waals surface area (Å²) in [5.74, 6) is -1.70. The average Bonchev–Trinajstić information content (AvgIpc) is 2.37. The van der Waals surface area contributed by atoms with E-state index in [1.54, 1.807) is 0 Å². The summed E-state index contributed by atoms with van der Waals surface area (Å²) in [6.07, 6.45) is -9.64. The SMILES string of the molecule is Fc1cc([C@H](N2CCNCC2)C(F)(F)F)ccc1C(F)(F)F. The molecule has 9 heteroatoms. The minimum absolute atomic E-state index is 0.0762. The smallest absolute Gasteiger partial charge is 0.314 e. The van der Waals surface area contributed by atoms with E-state index in [9.17, 15) is 30.7 Å². The molecule has 1 atom stereocenters. The molecule has 1 aromatic rings. The van der Waals surface area contributed by atoms with Gasteiger partial charge in [0.25, 0.3) is 0 Å². The number of halogens is 7. The molecule has 22 heavy (non-hydrogen) atoms. The lowest BCUT2D eigenvalue weighted by molar-refractivity contribution is -0.187. The van der Waals surface area contributed by atoms with Crippen molar-refractivity contribution in [2.24, 2.45) is 0 Å². The molecule has 1 aliphatic rings. The molecule has 2 rings (SSSR count). The summed E-state index contributed by atoms with van der Waals surface area (Å²) in [4.78, 5) is 1.08. The van der Waals surface area contributed by atoms with Gasteiger partial charge in [0.1, 0.15) is 11.9 Å². The van der Waals surface area contributed by atoms with Gasteiger partial charge in [-0.1, -0.05) is 6.07 Å². The third-order valence-electron chi connectivity index (χ3n) is 3.44. The van der Waals surface area contributed by atoms with Gasteiger partial charge >= 0.3 is 12.4 Å². The van der Waals surface area contributed by atoms with Crippen molar-refractivity contribution < 1.29 is 30.7 Å². The van der Waals surface area contributed by atoms with Crippen molar-refractivity contribution in [3.63, 3.8) is 0 Å². The van der Waals surface area contributed by atoms with Gasteiger partial charge in [-0.25, -0.2) is 4.39 Å². The fraction of sp³-hybridized carbons (Fsp3) is 0.538. The van der Waals surface area contributed by atoms with Crippen LogP contribution in [0.3, 0.4) is 0 Å². The molecule has 1 N–H and O–H groups in total. The maximum Gasteiger partial charge on any atom is 0.419 e. The van der Waals surface area contributed by atoms with Crippen LogP contribution >= 0.6 is 0 Å². The van der Waals surface area contributed by atoms with Crippen molar-refractivity contribution in [2.75, 3.05) is 26.2 Å². The molecule has 0 spiro atoms. The summed E-state index contributed by atoms with van der Waals surface area (Å²) in [6.45, 7) is 0.811. The van der Waals surface area contributed by atoms with E-state index < -0.39 is 35.3 Å². The maximum absolute atomic E-state index is 13.5. The number of nitrogens with zero attached hydrogens (tertiary/aromatic N) is 1. The van der Waals surface area contributed by atoms with E-state index in [4.69, 9.17) is 0 Å². The lowest BCUT2D eigenvalue weighted by atomic mass is 10.0. The fourth-order valence-electron chi connectivity index (χ4n) is 2.48. The van der Waals surface area contributed by atoms with Crippen LogP contribution in [0.4, 0.5) is 30.7 Å². The number of benzene rings is 1. The number of nitrogens with one attached hydrogen (secondary N) is 1. The molecule has 0 aliphatic carbocycles. The number of hydrogen-bond acceptors (Lipinski definition) is 2. The number of alkyl halides is 6. The second kappa shape index (κ2) is 6.04. The van der Waals surface area contributed by atoms with Crippen molar-refractivity contribution in [2.45, 2.75) is 18.4 Å². The van der Waals surface area contributed by atoms with Gasteiger partial charge in [0.2, 0.25) is 0 Å². The third kappa shape index (κ3) is 3.70. The van der Waals surface area contributed by atoms with E-state index in [1.807, 2.05) is 0 Å². The summed E-state index contributed by atoms with van der Waals surface area (Å²) in [6, 6.07) is -0.757. The second-order valence-corrected chi connectivity index (χ2v) is 4.97. The van der Waals surface area contributed by atoms with E-state index in [0.29, 0.717) is 31.3 Å². The third-order valence-corrected chi connectivity index (χ3v) is 3.44. The highest BCUT2D eigenvalue weighted by atomic mass is 19.4. The van der Waals surface area contributed by atoms with Crippen LogP contribution in [-0.2, 0) is 6.18 Å². The van der Waals surface area contributed by atoms with Crippen molar-refractivity contribution in [3.8, 4) is 0 Å². The van der Waals surface area contributed by atoms with E-state index in [1.165, 1.54) is 0 Å². The fourth-order valence-corrected chi connectivity index (χ4v) is 2.48. The van der Waals surface area contributed by atoms with Crippen LogP contribution in [0.2, 0.25) is 0 Å². The molecular weight excluding hydrogens is 317 g/mol. The van der Waals surface area contributed by atoms with Crippen LogP contribution in [0.1, 0.15) is 17.2 Å². The highest BCUT2D eigenvalue weighted by Gasteiger charge is 2.45. The quantitative estimate of drug-likeness (QED) is 0.837. The Labute approximate surface area is 121 Å². The van der Waals surface area contributed by atoms with E-state index >= 15 is 0 Å². The van der Waals surface area contributed by atoms with Crippen LogP contribution in [0.5, 0.6) is 0 Å². The predicted molar refractivity (Wildman–Crippen MR) is 64.6 cm³/mol. The Morgan fingerprint density at radius 1 is 1.00 bits per heavy atom.